The summed E-state index contributed by atoms with van der Waals surface area (Å²) in [5.41, 5.74) is 1.04. The normalized spacial score (nSPS) is 14.9. The first-order valence-corrected chi connectivity index (χ1v) is 12.7. The number of non-ortho nitro benzene ring substituents is 1. The van der Waals surface area contributed by atoms with Gasteiger partial charge in [-0.3, -0.25) is 24.5 Å². The van der Waals surface area contributed by atoms with Crippen LogP contribution >= 0.6 is 22.6 Å². The van der Waals surface area contributed by atoms with Crippen LogP contribution < -0.4 is 14.4 Å². The van der Waals surface area contributed by atoms with Gasteiger partial charge in [-0.2, -0.15) is 0 Å². The Kier molecular flexibility index (Phi) is 8.25. The maximum Gasteiger partial charge on any atom is 0.270 e. The lowest BCUT2D eigenvalue weighted by Crippen LogP contribution is -2.46. The van der Waals surface area contributed by atoms with Crippen LogP contribution in [-0.4, -0.2) is 54.4 Å². The van der Waals surface area contributed by atoms with Crippen LogP contribution in [0.15, 0.2) is 66.7 Å². The van der Waals surface area contributed by atoms with Gasteiger partial charge >= 0.3 is 0 Å². The highest BCUT2D eigenvalue weighted by atomic mass is 127. The maximum absolute atomic E-state index is 13.7. The lowest BCUT2D eigenvalue weighted by atomic mass is 10.1. The lowest BCUT2D eigenvalue weighted by Gasteiger charge is -2.28. The summed E-state index contributed by atoms with van der Waals surface area (Å²) in [5, 5.41) is 11.3. The Morgan fingerprint density at radius 3 is 2.42 bits per heavy atom. The van der Waals surface area contributed by atoms with Crippen molar-refractivity contribution in [2.45, 2.75) is 18.9 Å². The zero-order valence-corrected chi connectivity index (χ0v) is 22.8. The van der Waals surface area contributed by atoms with Crippen LogP contribution in [0.5, 0.6) is 11.5 Å². The van der Waals surface area contributed by atoms with Gasteiger partial charge in [-0.25, -0.2) is 4.90 Å². The first kappa shape index (κ1) is 27.0. The van der Waals surface area contributed by atoms with Gasteiger partial charge in [0.25, 0.3) is 17.5 Å². The van der Waals surface area contributed by atoms with Crippen molar-refractivity contribution >= 4 is 51.7 Å². The minimum atomic E-state index is -1.06. The van der Waals surface area contributed by atoms with E-state index in [0.29, 0.717) is 23.6 Å². The zero-order valence-electron chi connectivity index (χ0n) is 20.6. The minimum absolute atomic E-state index is 0.0551. The molecule has 3 aromatic rings. The van der Waals surface area contributed by atoms with Gasteiger partial charge in [0.2, 0.25) is 5.91 Å². The van der Waals surface area contributed by atoms with Crippen molar-refractivity contribution in [2.75, 3.05) is 25.7 Å². The van der Waals surface area contributed by atoms with Crippen molar-refractivity contribution in [3.63, 3.8) is 0 Å². The van der Waals surface area contributed by atoms with E-state index in [0.717, 1.165) is 14.0 Å². The molecule has 38 heavy (non-hydrogen) atoms. The largest absolute Gasteiger partial charge is 0.493 e. The number of carbonyl (C=O) groups is 3. The Balaban J connectivity index is 1.66. The highest BCUT2D eigenvalue weighted by molar-refractivity contribution is 14.1. The van der Waals surface area contributed by atoms with Gasteiger partial charge in [0.05, 0.1) is 31.3 Å². The van der Waals surface area contributed by atoms with Gasteiger partial charge in [-0.1, -0.05) is 12.1 Å². The first-order valence-electron chi connectivity index (χ1n) is 11.6. The average molecular weight is 629 g/mol. The Labute approximate surface area is 232 Å². The van der Waals surface area contributed by atoms with Crippen LogP contribution in [0, 0.1) is 13.7 Å². The third-order valence-corrected chi connectivity index (χ3v) is 6.96. The van der Waals surface area contributed by atoms with Crippen LogP contribution in [0.2, 0.25) is 0 Å². The van der Waals surface area contributed by atoms with E-state index in [-0.39, 0.29) is 24.2 Å². The predicted molar refractivity (Wildman–Crippen MR) is 147 cm³/mol. The van der Waals surface area contributed by atoms with E-state index < -0.39 is 28.7 Å². The second kappa shape index (κ2) is 11.6. The number of imide groups is 1. The summed E-state index contributed by atoms with van der Waals surface area (Å²) in [4.78, 5) is 53.3. The molecule has 0 saturated carbocycles. The van der Waals surface area contributed by atoms with Crippen molar-refractivity contribution in [1.82, 2.24) is 4.90 Å². The van der Waals surface area contributed by atoms with E-state index in [2.05, 4.69) is 22.6 Å². The summed E-state index contributed by atoms with van der Waals surface area (Å²) in [7, 11) is 3.04. The van der Waals surface area contributed by atoms with Crippen LogP contribution in [-0.2, 0) is 16.0 Å². The molecule has 1 heterocycles. The summed E-state index contributed by atoms with van der Waals surface area (Å²) in [6.07, 6.45) is 0.139. The lowest BCUT2D eigenvalue weighted by molar-refractivity contribution is -0.384. The zero-order chi connectivity index (χ0) is 27.4. The minimum Gasteiger partial charge on any atom is -0.493 e. The van der Waals surface area contributed by atoms with E-state index >= 15 is 0 Å². The van der Waals surface area contributed by atoms with Crippen molar-refractivity contribution in [3.8, 4) is 11.5 Å². The van der Waals surface area contributed by atoms with Gasteiger partial charge in [-0.05, 0) is 77.0 Å². The fourth-order valence-corrected chi connectivity index (χ4v) is 4.68. The molecule has 0 N–H and O–H groups in total. The molecule has 11 heteroatoms. The third-order valence-electron chi connectivity index (χ3n) is 6.24. The molecule has 1 saturated heterocycles. The second-order valence-corrected chi connectivity index (χ2v) is 9.75. The molecule has 1 aliphatic heterocycles. The molecule has 1 unspecified atom stereocenters. The quantitative estimate of drug-likeness (QED) is 0.150. The number of hydrogen-bond donors (Lipinski definition) is 0. The Hall–Kier alpha value is -4.00. The van der Waals surface area contributed by atoms with Crippen molar-refractivity contribution in [1.29, 1.82) is 0 Å². The molecule has 3 aromatic carbocycles. The number of nitrogens with zero attached hydrogens (tertiary/aromatic N) is 3. The van der Waals surface area contributed by atoms with E-state index in [1.54, 1.807) is 36.4 Å². The molecule has 1 aliphatic rings. The first-order chi connectivity index (χ1) is 18.2. The van der Waals surface area contributed by atoms with Gasteiger partial charge in [0, 0.05) is 27.8 Å². The Morgan fingerprint density at radius 2 is 1.76 bits per heavy atom. The van der Waals surface area contributed by atoms with Gasteiger partial charge in [0.15, 0.2) is 11.5 Å². The number of methoxy groups -OCH3 is 2. The van der Waals surface area contributed by atoms with Crippen molar-refractivity contribution < 1.29 is 28.8 Å². The maximum atomic E-state index is 13.7. The fourth-order valence-electron chi connectivity index (χ4n) is 4.32. The van der Waals surface area contributed by atoms with E-state index in [4.69, 9.17) is 9.47 Å². The molecular weight excluding hydrogens is 605 g/mol. The molecule has 10 nitrogen and oxygen atoms in total. The topological polar surface area (TPSA) is 119 Å². The third kappa shape index (κ3) is 5.62. The van der Waals surface area contributed by atoms with Gasteiger partial charge in [0.1, 0.15) is 6.04 Å². The summed E-state index contributed by atoms with van der Waals surface area (Å²) >= 11 is 2.13. The molecule has 4 rings (SSSR count). The molecule has 0 aliphatic carbocycles. The molecule has 3 amide bonds. The Bertz CT molecular complexity index is 1390. The highest BCUT2D eigenvalue weighted by Gasteiger charge is 2.44. The van der Waals surface area contributed by atoms with E-state index in [9.17, 15) is 24.5 Å². The summed E-state index contributed by atoms with van der Waals surface area (Å²) in [6, 6.07) is 16.5. The number of ether oxygens (including phenoxy) is 2. The summed E-state index contributed by atoms with van der Waals surface area (Å²) in [6.45, 7) is 0.0845. The average Bonchev–Trinajstić information content (AvgIpc) is 3.22. The number of benzene rings is 3. The van der Waals surface area contributed by atoms with Gasteiger partial charge < -0.3 is 14.4 Å². The number of hydrogen-bond acceptors (Lipinski definition) is 7. The van der Waals surface area contributed by atoms with Crippen LogP contribution in [0.25, 0.3) is 0 Å². The number of rotatable bonds is 9. The number of amides is 3. The monoisotopic (exact) mass is 629 g/mol. The van der Waals surface area contributed by atoms with Crippen LogP contribution in [0.4, 0.5) is 11.4 Å². The smallest absolute Gasteiger partial charge is 0.270 e. The predicted octanol–water partition coefficient (Wildman–Crippen LogP) is 4.23. The summed E-state index contributed by atoms with van der Waals surface area (Å²) < 4.78 is 11.6. The molecule has 0 radical (unpaired) electrons. The standard InChI is InChI=1S/C27H24IN3O7/c1-37-23-11-6-17(14-24(23)38-2)12-13-29(26(33)18-4-3-5-21(15-18)31(35)36)22-16-25(32)30(27(22)34)20-9-7-19(28)8-10-20/h3-11,14-15,22H,12-13,16H2,1-2H3. The fraction of sp³-hybridized carbons (Fsp3) is 0.222. The van der Waals surface area contributed by atoms with Crippen molar-refractivity contribution in [3.05, 3.63) is 91.5 Å². The second-order valence-electron chi connectivity index (χ2n) is 8.51. The number of anilines is 1. The van der Waals surface area contributed by atoms with Crippen molar-refractivity contribution in [2.24, 2.45) is 0 Å². The number of nitro benzene ring substituents is 1. The number of carbonyl (C=O) groups excluding carboxylic acids is 3. The van der Waals surface area contributed by atoms with Crippen LogP contribution in [0.1, 0.15) is 22.3 Å². The molecule has 1 fully saturated rings. The van der Waals surface area contributed by atoms with Gasteiger partial charge in [-0.15, -0.1) is 0 Å². The SMILES string of the molecule is COc1ccc(CCN(C(=O)c2cccc([N+](=O)[O-])c2)C2CC(=O)N(c3ccc(I)cc3)C2=O)cc1OC. The summed E-state index contributed by atoms with van der Waals surface area (Å²) in [5.74, 6) is -0.472. The molecule has 1 atom stereocenters. The van der Waals surface area contributed by atoms with Crippen LogP contribution in [0.3, 0.4) is 0 Å². The molecule has 196 valence electrons. The molecular formula is C27H24IN3O7. The number of nitro groups is 1. The molecule has 0 spiro atoms. The number of halogens is 1. The van der Waals surface area contributed by atoms with E-state index in [1.807, 2.05) is 6.07 Å². The highest BCUT2D eigenvalue weighted by Crippen LogP contribution is 2.30. The molecule has 0 aromatic heterocycles. The Morgan fingerprint density at radius 1 is 1.05 bits per heavy atom. The van der Waals surface area contributed by atoms with E-state index in [1.165, 1.54) is 43.4 Å². The molecule has 0 bridgehead atoms.